The molecule has 0 radical (unpaired) electrons. The number of fused-ring (bicyclic) bond motifs is 3. The molecule has 0 bridgehead atoms. The highest BCUT2D eigenvalue weighted by atomic mass is 16.7. The van der Waals surface area contributed by atoms with Gasteiger partial charge in [0.15, 0.2) is 0 Å². The van der Waals surface area contributed by atoms with E-state index in [0.717, 1.165) is 36.7 Å². The molecule has 0 aliphatic carbocycles. The second-order valence-corrected chi connectivity index (χ2v) is 6.49. The van der Waals surface area contributed by atoms with Gasteiger partial charge in [-0.15, -0.1) is 0 Å². The number of rotatable bonds is 9. The van der Waals surface area contributed by atoms with Crippen molar-refractivity contribution in [2.24, 2.45) is 0 Å². The molecule has 0 saturated carbocycles. The zero-order chi connectivity index (χ0) is 18.4. The first-order valence-corrected chi connectivity index (χ1v) is 9.12. The molecule has 0 aliphatic heterocycles. The zero-order valence-corrected chi connectivity index (χ0v) is 15.2. The highest BCUT2D eigenvalue weighted by molar-refractivity contribution is 6.07. The summed E-state index contributed by atoms with van der Waals surface area (Å²) in [6.07, 6.45) is 3.89. The van der Waals surface area contributed by atoms with E-state index in [1.54, 1.807) is 6.92 Å². The Morgan fingerprint density at radius 3 is 2.00 bits per heavy atom. The second kappa shape index (κ2) is 8.56. The standard InChI is InChI=1S/C22H25NO3/c1-17(2)22(24)25-15-9-3-4-10-16-26-23-20-13-7-5-11-18(20)19-12-6-8-14-21(19)23/h5-8,11-14H,1,3-4,9-10,15-16H2,2H3. The third-order valence-corrected chi connectivity index (χ3v) is 4.38. The normalized spacial score (nSPS) is 11.0. The molecular formula is C22H25NO3. The maximum absolute atomic E-state index is 11.3. The molecule has 0 amide bonds. The summed E-state index contributed by atoms with van der Waals surface area (Å²) in [6.45, 7) is 6.35. The molecule has 0 unspecified atom stereocenters. The summed E-state index contributed by atoms with van der Waals surface area (Å²) in [4.78, 5) is 17.3. The monoisotopic (exact) mass is 351 g/mol. The van der Waals surface area contributed by atoms with Gasteiger partial charge in [-0.2, -0.15) is 4.73 Å². The third kappa shape index (κ3) is 4.07. The van der Waals surface area contributed by atoms with Crippen molar-refractivity contribution in [2.45, 2.75) is 32.6 Å². The fourth-order valence-electron chi connectivity index (χ4n) is 3.03. The maximum atomic E-state index is 11.3. The van der Waals surface area contributed by atoms with Crippen LogP contribution in [0.4, 0.5) is 0 Å². The fraction of sp³-hybridized carbons (Fsp3) is 0.318. The highest BCUT2D eigenvalue weighted by Gasteiger charge is 2.10. The molecule has 136 valence electrons. The SMILES string of the molecule is C=C(C)C(=O)OCCCCCCOn1c2ccccc2c2ccccc21. The van der Waals surface area contributed by atoms with Crippen LogP contribution in [0, 0.1) is 0 Å². The number of aromatic nitrogens is 1. The molecule has 1 heterocycles. The van der Waals surface area contributed by atoms with Gasteiger partial charge in [-0.3, -0.25) is 0 Å². The molecule has 0 spiro atoms. The first-order valence-electron chi connectivity index (χ1n) is 9.12. The number of nitrogens with zero attached hydrogens (tertiary/aromatic N) is 1. The number of carbonyl (C=O) groups excluding carboxylic acids is 1. The van der Waals surface area contributed by atoms with Gasteiger partial charge in [0.2, 0.25) is 0 Å². The first kappa shape index (κ1) is 18.1. The van der Waals surface area contributed by atoms with Crippen molar-refractivity contribution in [2.75, 3.05) is 13.2 Å². The van der Waals surface area contributed by atoms with E-state index in [-0.39, 0.29) is 5.97 Å². The van der Waals surface area contributed by atoms with Gasteiger partial charge in [0.05, 0.1) is 17.6 Å². The lowest BCUT2D eigenvalue weighted by Gasteiger charge is -2.10. The highest BCUT2D eigenvalue weighted by Crippen LogP contribution is 2.27. The van der Waals surface area contributed by atoms with Crippen LogP contribution < -0.4 is 4.84 Å². The molecular weight excluding hydrogens is 326 g/mol. The molecule has 0 N–H and O–H groups in total. The van der Waals surface area contributed by atoms with E-state index >= 15 is 0 Å². The van der Waals surface area contributed by atoms with Crippen molar-refractivity contribution < 1.29 is 14.4 Å². The number of esters is 1. The zero-order valence-electron chi connectivity index (χ0n) is 15.2. The van der Waals surface area contributed by atoms with E-state index in [4.69, 9.17) is 9.57 Å². The summed E-state index contributed by atoms with van der Waals surface area (Å²) in [7, 11) is 0. The van der Waals surface area contributed by atoms with Gasteiger partial charge >= 0.3 is 5.97 Å². The van der Waals surface area contributed by atoms with Gasteiger partial charge in [-0.1, -0.05) is 43.0 Å². The Hall–Kier alpha value is -2.75. The molecule has 0 saturated heterocycles. The molecule has 3 aromatic rings. The van der Waals surface area contributed by atoms with Gasteiger partial charge in [0.1, 0.15) is 6.61 Å². The lowest BCUT2D eigenvalue weighted by Crippen LogP contribution is -2.12. The van der Waals surface area contributed by atoms with E-state index in [9.17, 15) is 4.79 Å². The van der Waals surface area contributed by atoms with Crippen molar-refractivity contribution in [1.82, 2.24) is 4.73 Å². The fourth-order valence-corrected chi connectivity index (χ4v) is 3.03. The van der Waals surface area contributed by atoms with Gasteiger partial charge in [0, 0.05) is 16.3 Å². The first-order chi connectivity index (χ1) is 12.7. The Morgan fingerprint density at radius 2 is 1.42 bits per heavy atom. The predicted molar refractivity (Wildman–Crippen MR) is 105 cm³/mol. The number of para-hydroxylation sites is 2. The van der Waals surface area contributed by atoms with Crippen LogP contribution in [0.3, 0.4) is 0 Å². The summed E-state index contributed by atoms with van der Waals surface area (Å²) in [6, 6.07) is 16.6. The van der Waals surface area contributed by atoms with Crippen LogP contribution in [-0.4, -0.2) is 23.9 Å². The largest absolute Gasteiger partial charge is 0.462 e. The molecule has 0 fully saturated rings. The predicted octanol–water partition coefficient (Wildman–Crippen LogP) is 4.90. The Labute approximate surface area is 154 Å². The summed E-state index contributed by atoms with van der Waals surface area (Å²) in [5.74, 6) is -0.306. The average molecular weight is 351 g/mol. The minimum Gasteiger partial charge on any atom is -0.462 e. The van der Waals surface area contributed by atoms with Crippen LogP contribution in [0.1, 0.15) is 32.6 Å². The van der Waals surface area contributed by atoms with E-state index in [1.807, 2.05) is 16.9 Å². The van der Waals surface area contributed by atoms with E-state index in [1.165, 1.54) is 10.8 Å². The van der Waals surface area contributed by atoms with Gasteiger partial charge < -0.3 is 9.57 Å². The molecule has 0 atom stereocenters. The van der Waals surface area contributed by atoms with E-state index in [0.29, 0.717) is 18.8 Å². The second-order valence-electron chi connectivity index (χ2n) is 6.49. The summed E-state index contributed by atoms with van der Waals surface area (Å²) in [5.41, 5.74) is 2.64. The van der Waals surface area contributed by atoms with E-state index < -0.39 is 0 Å². The minimum absolute atomic E-state index is 0.306. The number of ether oxygens (including phenoxy) is 1. The Bertz CT molecular complexity index is 857. The Morgan fingerprint density at radius 1 is 0.885 bits per heavy atom. The minimum atomic E-state index is -0.306. The van der Waals surface area contributed by atoms with Crippen LogP contribution in [-0.2, 0) is 9.53 Å². The van der Waals surface area contributed by atoms with Gasteiger partial charge in [-0.25, -0.2) is 4.79 Å². The topological polar surface area (TPSA) is 40.5 Å². The van der Waals surface area contributed by atoms with Crippen molar-refractivity contribution in [3.8, 4) is 0 Å². The molecule has 1 aromatic heterocycles. The Balaban J connectivity index is 1.48. The smallest absolute Gasteiger partial charge is 0.333 e. The van der Waals surface area contributed by atoms with Gasteiger partial charge in [-0.05, 0) is 44.7 Å². The van der Waals surface area contributed by atoms with Crippen molar-refractivity contribution in [1.29, 1.82) is 0 Å². The molecule has 26 heavy (non-hydrogen) atoms. The number of benzene rings is 2. The lowest BCUT2D eigenvalue weighted by molar-refractivity contribution is -0.139. The van der Waals surface area contributed by atoms with E-state index in [2.05, 4.69) is 43.0 Å². The molecule has 0 aliphatic rings. The van der Waals surface area contributed by atoms with Crippen molar-refractivity contribution in [3.63, 3.8) is 0 Å². The number of unbranched alkanes of at least 4 members (excludes halogenated alkanes) is 3. The summed E-state index contributed by atoms with van der Waals surface area (Å²) >= 11 is 0. The van der Waals surface area contributed by atoms with Crippen LogP contribution in [0.5, 0.6) is 0 Å². The molecule has 4 heteroatoms. The summed E-state index contributed by atoms with van der Waals surface area (Å²) < 4.78 is 7.04. The van der Waals surface area contributed by atoms with Crippen LogP contribution in [0.2, 0.25) is 0 Å². The maximum Gasteiger partial charge on any atom is 0.333 e. The van der Waals surface area contributed by atoms with Crippen LogP contribution in [0.15, 0.2) is 60.7 Å². The average Bonchev–Trinajstić information content (AvgIpc) is 2.98. The molecule has 3 rings (SSSR count). The number of hydrogen-bond acceptors (Lipinski definition) is 3. The molecule has 4 nitrogen and oxygen atoms in total. The van der Waals surface area contributed by atoms with Crippen molar-refractivity contribution in [3.05, 3.63) is 60.7 Å². The van der Waals surface area contributed by atoms with Crippen molar-refractivity contribution >= 4 is 27.8 Å². The summed E-state index contributed by atoms with van der Waals surface area (Å²) in [5, 5.41) is 2.42. The quantitative estimate of drug-likeness (QED) is 0.313. The van der Waals surface area contributed by atoms with Gasteiger partial charge in [0.25, 0.3) is 0 Å². The Kier molecular flexibility index (Phi) is 5.95. The third-order valence-electron chi connectivity index (χ3n) is 4.38. The molecule has 2 aromatic carbocycles. The number of hydrogen-bond donors (Lipinski definition) is 0. The van der Waals surface area contributed by atoms with Crippen LogP contribution >= 0.6 is 0 Å². The van der Waals surface area contributed by atoms with Crippen LogP contribution in [0.25, 0.3) is 21.8 Å². The lowest BCUT2D eigenvalue weighted by atomic mass is 10.2. The number of carbonyl (C=O) groups is 1.